The van der Waals surface area contributed by atoms with E-state index in [1.807, 2.05) is 37.8 Å². The molecular weight excluding hydrogens is 306 g/mol. The third kappa shape index (κ3) is 4.10. The molecule has 1 N–H and O–H groups in total. The van der Waals surface area contributed by atoms with Gasteiger partial charge in [0, 0.05) is 18.3 Å². The van der Waals surface area contributed by atoms with Crippen molar-refractivity contribution in [2.75, 3.05) is 23.3 Å². The molecule has 2 aromatic rings. The summed E-state index contributed by atoms with van der Waals surface area (Å²) in [6.07, 6.45) is 0. The molecule has 0 spiro atoms. The average Bonchev–Trinajstić information content (AvgIpc) is 2.53. The van der Waals surface area contributed by atoms with Crippen molar-refractivity contribution in [1.82, 2.24) is 0 Å². The quantitative estimate of drug-likeness (QED) is 0.649. The molecule has 0 unspecified atom stereocenters. The fourth-order valence-corrected chi connectivity index (χ4v) is 2.63. The maximum atomic E-state index is 12.3. The number of nitrogens with one attached hydrogen (secondary N) is 1. The van der Waals surface area contributed by atoms with Gasteiger partial charge >= 0.3 is 0 Å². The van der Waals surface area contributed by atoms with E-state index in [4.69, 9.17) is 0 Å². The molecule has 0 atom stereocenters. The molecule has 0 fully saturated rings. The monoisotopic (exact) mass is 327 g/mol. The minimum absolute atomic E-state index is 0.111. The Morgan fingerprint density at radius 3 is 2.54 bits per heavy atom. The number of hydrogen-bond acceptors (Lipinski definition) is 4. The number of benzene rings is 2. The lowest BCUT2D eigenvalue weighted by atomic mass is 10.1. The number of nitro groups is 1. The van der Waals surface area contributed by atoms with Crippen molar-refractivity contribution in [2.24, 2.45) is 0 Å². The van der Waals surface area contributed by atoms with E-state index in [1.165, 1.54) is 12.1 Å². The van der Waals surface area contributed by atoms with Crippen LogP contribution in [-0.2, 0) is 4.79 Å². The molecule has 0 radical (unpaired) electrons. The van der Waals surface area contributed by atoms with Crippen LogP contribution >= 0.6 is 0 Å². The van der Waals surface area contributed by atoms with Gasteiger partial charge in [0.05, 0.1) is 11.5 Å². The van der Waals surface area contributed by atoms with E-state index >= 15 is 0 Å². The van der Waals surface area contributed by atoms with Crippen LogP contribution in [0.3, 0.4) is 0 Å². The summed E-state index contributed by atoms with van der Waals surface area (Å²) in [7, 11) is 0. The lowest BCUT2D eigenvalue weighted by molar-refractivity contribution is -0.383. The third-order valence-corrected chi connectivity index (χ3v) is 3.78. The van der Waals surface area contributed by atoms with Gasteiger partial charge in [-0.15, -0.1) is 0 Å². The van der Waals surface area contributed by atoms with Gasteiger partial charge in [-0.05, 0) is 38.5 Å². The van der Waals surface area contributed by atoms with Crippen molar-refractivity contribution in [3.8, 4) is 0 Å². The van der Waals surface area contributed by atoms with Gasteiger partial charge < -0.3 is 10.2 Å². The van der Waals surface area contributed by atoms with Gasteiger partial charge in [0.1, 0.15) is 5.69 Å². The van der Waals surface area contributed by atoms with Gasteiger partial charge in [-0.25, -0.2) is 0 Å². The van der Waals surface area contributed by atoms with E-state index in [2.05, 4.69) is 11.4 Å². The Morgan fingerprint density at radius 1 is 1.21 bits per heavy atom. The summed E-state index contributed by atoms with van der Waals surface area (Å²) in [5.74, 6) is -0.286. The molecule has 2 rings (SSSR count). The molecule has 0 saturated heterocycles. The minimum atomic E-state index is -0.503. The molecule has 0 aliphatic heterocycles. The Balaban J connectivity index is 2.14. The number of hydrogen-bond donors (Lipinski definition) is 1. The highest BCUT2D eigenvalue weighted by molar-refractivity contribution is 5.96. The van der Waals surface area contributed by atoms with Crippen molar-refractivity contribution < 1.29 is 9.72 Å². The van der Waals surface area contributed by atoms with E-state index in [-0.39, 0.29) is 23.8 Å². The number of anilines is 2. The van der Waals surface area contributed by atoms with Gasteiger partial charge in [0.15, 0.2) is 0 Å². The Bertz CT molecular complexity index is 759. The fourth-order valence-electron chi connectivity index (χ4n) is 2.63. The summed E-state index contributed by atoms with van der Waals surface area (Å²) in [6.45, 7) is 6.79. The Kier molecular flexibility index (Phi) is 5.52. The fraction of sp³-hybridized carbons (Fsp3) is 0.278. The number of rotatable bonds is 6. The van der Waals surface area contributed by atoms with Crippen LogP contribution in [0.2, 0.25) is 0 Å². The summed E-state index contributed by atoms with van der Waals surface area (Å²) in [4.78, 5) is 24.8. The van der Waals surface area contributed by atoms with Crippen molar-refractivity contribution >= 4 is 23.0 Å². The second kappa shape index (κ2) is 7.59. The zero-order valence-electron chi connectivity index (χ0n) is 14.1. The van der Waals surface area contributed by atoms with Crippen molar-refractivity contribution in [2.45, 2.75) is 20.8 Å². The highest BCUT2D eigenvalue weighted by atomic mass is 16.6. The van der Waals surface area contributed by atoms with Crippen molar-refractivity contribution in [3.63, 3.8) is 0 Å². The van der Waals surface area contributed by atoms with Crippen LogP contribution in [-0.4, -0.2) is 23.9 Å². The molecule has 0 heterocycles. The zero-order chi connectivity index (χ0) is 17.7. The summed E-state index contributed by atoms with van der Waals surface area (Å²) in [5.41, 5.74) is 3.34. The molecule has 6 nitrogen and oxygen atoms in total. The lowest BCUT2D eigenvalue weighted by Crippen LogP contribution is -2.33. The molecular formula is C18H21N3O3. The average molecular weight is 327 g/mol. The van der Waals surface area contributed by atoms with Gasteiger partial charge in [0.25, 0.3) is 5.69 Å². The Hall–Kier alpha value is -2.89. The Morgan fingerprint density at radius 2 is 1.92 bits per heavy atom. The molecule has 0 aliphatic carbocycles. The zero-order valence-corrected chi connectivity index (χ0v) is 14.1. The van der Waals surface area contributed by atoms with Crippen LogP contribution in [0, 0.1) is 24.0 Å². The second-order valence-corrected chi connectivity index (χ2v) is 5.63. The number of aryl methyl sites for hydroxylation is 2. The van der Waals surface area contributed by atoms with Crippen LogP contribution in [0.5, 0.6) is 0 Å². The topological polar surface area (TPSA) is 75.5 Å². The number of nitro benzene ring substituents is 1. The van der Waals surface area contributed by atoms with E-state index in [9.17, 15) is 14.9 Å². The smallest absolute Gasteiger partial charge is 0.292 e. The molecule has 0 aromatic heterocycles. The van der Waals surface area contributed by atoms with E-state index in [1.54, 1.807) is 12.1 Å². The summed E-state index contributed by atoms with van der Waals surface area (Å²) in [5, 5.41) is 13.7. The normalized spacial score (nSPS) is 10.3. The molecule has 6 heteroatoms. The molecule has 1 amide bonds. The number of nitrogens with zero attached hydrogens (tertiary/aromatic N) is 2. The van der Waals surface area contributed by atoms with E-state index in [0.29, 0.717) is 6.54 Å². The number of carbonyl (C=O) groups excluding carboxylic acids is 1. The van der Waals surface area contributed by atoms with Crippen LogP contribution in [0.25, 0.3) is 0 Å². The van der Waals surface area contributed by atoms with Crippen LogP contribution < -0.4 is 10.2 Å². The van der Waals surface area contributed by atoms with Crippen LogP contribution in [0.15, 0.2) is 42.5 Å². The first-order valence-electron chi connectivity index (χ1n) is 7.77. The molecule has 126 valence electrons. The number of para-hydroxylation sites is 2. The lowest BCUT2D eigenvalue weighted by Gasteiger charge is -2.24. The largest absolute Gasteiger partial charge is 0.362 e. The van der Waals surface area contributed by atoms with Gasteiger partial charge in [0.2, 0.25) is 5.91 Å². The summed E-state index contributed by atoms with van der Waals surface area (Å²) in [6, 6.07) is 12.2. The molecule has 0 aliphatic rings. The summed E-state index contributed by atoms with van der Waals surface area (Å²) < 4.78 is 0. The molecule has 0 saturated carbocycles. The van der Waals surface area contributed by atoms with Crippen LogP contribution in [0.4, 0.5) is 17.1 Å². The highest BCUT2D eigenvalue weighted by Crippen LogP contribution is 2.24. The number of likely N-dealkylation sites (N-methyl/N-ethyl adjacent to an activating group) is 1. The molecule has 2 aromatic carbocycles. The number of amides is 1. The van der Waals surface area contributed by atoms with Gasteiger partial charge in [-0.1, -0.05) is 29.8 Å². The first-order valence-corrected chi connectivity index (χ1v) is 7.77. The maximum Gasteiger partial charge on any atom is 0.292 e. The second-order valence-electron chi connectivity index (χ2n) is 5.63. The molecule has 0 bridgehead atoms. The third-order valence-electron chi connectivity index (χ3n) is 3.78. The predicted octanol–water partition coefficient (Wildman–Crippen LogP) is 3.68. The van der Waals surface area contributed by atoms with Crippen molar-refractivity contribution in [1.29, 1.82) is 0 Å². The van der Waals surface area contributed by atoms with E-state index in [0.717, 1.165) is 16.8 Å². The number of carbonyl (C=O) groups is 1. The minimum Gasteiger partial charge on any atom is -0.362 e. The first-order chi connectivity index (χ1) is 11.4. The van der Waals surface area contributed by atoms with Gasteiger partial charge in [-0.3, -0.25) is 14.9 Å². The highest BCUT2D eigenvalue weighted by Gasteiger charge is 2.17. The van der Waals surface area contributed by atoms with Gasteiger partial charge in [-0.2, -0.15) is 0 Å². The van der Waals surface area contributed by atoms with Crippen molar-refractivity contribution in [3.05, 3.63) is 63.7 Å². The van der Waals surface area contributed by atoms with E-state index < -0.39 is 4.92 Å². The maximum absolute atomic E-state index is 12.3. The predicted molar refractivity (Wildman–Crippen MR) is 95.5 cm³/mol. The van der Waals surface area contributed by atoms with Crippen LogP contribution in [0.1, 0.15) is 18.1 Å². The first kappa shape index (κ1) is 17.5. The summed E-state index contributed by atoms with van der Waals surface area (Å²) >= 11 is 0. The Labute approximate surface area is 141 Å². The standard InChI is InChI=1S/C18H21N3O3/c1-4-20(16-10-9-13(2)11-14(16)3)12-18(22)19-15-7-5-6-8-17(15)21(23)24/h5-11H,4,12H2,1-3H3,(H,19,22). The molecule has 24 heavy (non-hydrogen) atoms. The SMILES string of the molecule is CCN(CC(=O)Nc1ccccc1[N+](=O)[O-])c1ccc(C)cc1C.